The van der Waals surface area contributed by atoms with Gasteiger partial charge in [-0.3, -0.25) is 14.1 Å². The molecular formula is C11H18O7S. The van der Waals surface area contributed by atoms with Crippen LogP contribution in [0.4, 0.5) is 0 Å². The topological polar surface area (TPSA) is 118 Å². The average Bonchev–Trinajstić information content (AvgIpc) is 2.33. The van der Waals surface area contributed by atoms with E-state index in [9.17, 15) is 18.0 Å². The number of carboxylic acid groups (broad SMARTS) is 1. The standard InChI is InChI=1S/C11H18O7S/c12-10(13)8-4-1-2-5-9(8)11(14)18-6-3-7-19(15,16)17/h8-9H,1-7H2,(H,12,13)(H,15,16,17). The summed E-state index contributed by atoms with van der Waals surface area (Å²) in [6.45, 7) is -0.137. The van der Waals surface area contributed by atoms with Crippen LogP contribution < -0.4 is 0 Å². The minimum Gasteiger partial charge on any atom is -0.481 e. The molecule has 0 radical (unpaired) electrons. The number of carbonyl (C=O) groups excluding carboxylic acids is 1. The molecule has 1 saturated carbocycles. The van der Waals surface area contributed by atoms with E-state index in [0.717, 1.165) is 12.8 Å². The average molecular weight is 294 g/mol. The van der Waals surface area contributed by atoms with Crippen molar-refractivity contribution in [1.82, 2.24) is 0 Å². The first kappa shape index (κ1) is 15.9. The number of esters is 1. The summed E-state index contributed by atoms with van der Waals surface area (Å²) in [6.07, 6.45) is 2.50. The maximum atomic E-state index is 11.7. The SMILES string of the molecule is O=C(O)C1CCCCC1C(=O)OCCCS(=O)(=O)O. The van der Waals surface area contributed by atoms with Crippen LogP contribution in [0.25, 0.3) is 0 Å². The third-order valence-corrected chi connectivity index (χ3v) is 3.98. The number of carbonyl (C=O) groups is 2. The van der Waals surface area contributed by atoms with Gasteiger partial charge in [-0.1, -0.05) is 12.8 Å². The normalized spacial score (nSPS) is 23.8. The van der Waals surface area contributed by atoms with Crippen LogP contribution in [-0.4, -0.2) is 42.4 Å². The van der Waals surface area contributed by atoms with Crippen LogP contribution in [0, 0.1) is 11.8 Å². The molecule has 0 spiro atoms. The van der Waals surface area contributed by atoms with E-state index in [-0.39, 0.29) is 13.0 Å². The lowest BCUT2D eigenvalue weighted by atomic mass is 9.79. The van der Waals surface area contributed by atoms with Gasteiger partial charge in [-0.15, -0.1) is 0 Å². The van der Waals surface area contributed by atoms with Crippen LogP contribution in [0.2, 0.25) is 0 Å². The number of aliphatic carboxylic acids is 1. The summed E-state index contributed by atoms with van der Waals surface area (Å²) in [5, 5.41) is 9.02. The Hall–Kier alpha value is -1.15. The predicted octanol–water partition coefficient (Wildman–Crippen LogP) is 0.699. The summed E-state index contributed by atoms with van der Waals surface area (Å²) >= 11 is 0. The molecule has 0 saturated heterocycles. The molecule has 2 unspecified atom stereocenters. The third-order valence-electron chi connectivity index (χ3n) is 3.18. The Morgan fingerprint density at radius 1 is 1.16 bits per heavy atom. The molecule has 2 atom stereocenters. The van der Waals surface area contributed by atoms with Gasteiger partial charge in [0.2, 0.25) is 0 Å². The van der Waals surface area contributed by atoms with Crippen molar-refractivity contribution in [2.75, 3.05) is 12.4 Å². The Balaban J connectivity index is 2.41. The molecular weight excluding hydrogens is 276 g/mol. The first-order valence-corrected chi connectivity index (χ1v) is 7.77. The molecule has 1 fully saturated rings. The van der Waals surface area contributed by atoms with E-state index < -0.39 is 39.6 Å². The number of hydrogen-bond donors (Lipinski definition) is 2. The summed E-state index contributed by atoms with van der Waals surface area (Å²) in [5.41, 5.74) is 0. The van der Waals surface area contributed by atoms with Gasteiger partial charge in [0.25, 0.3) is 10.1 Å². The molecule has 0 aromatic carbocycles. The molecule has 0 heterocycles. The molecule has 0 aromatic rings. The Morgan fingerprint density at radius 3 is 2.26 bits per heavy atom. The lowest BCUT2D eigenvalue weighted by molar-refractivity contribution is -0.159. The first-order chi connectivity index (χ1) is 8.81. The monoisotopic (exact) mass is 294 g/mol. The maximum absolute atomic E-state index is 11.7. The molecule has 2 N–H and O–H groups in total. The second-order valence-corrected chi connectivity index (χ2v) is 6.21. The van der Waals surface area contributed by atoms with E-state index in [1.54, 1.807) is 0 Å². The van der Waals surface area contributed by atoms with E-state index in [0.29, 0.717) is 12.8 Å². The van der Waals surface area contributed by atoms with Gasteiger partial charge in [-0.2, -0.15) is 8.42 Å². The van der Waals surface area contributed by atoms with Crippen LogP contribution in [-0.2, 0) is 24.4 Å². The van der Waals surface area contributed by atoms with E-state index >= 15 is 0 Å². The van der Waals surface area contributed by atoms with Gasteiger partial charge in [0.05, 0.1) is 24.2 Å². The van der Waals surface area contributed by atoms with Crippen LogP contribution in [0.1, 0.15) is 32.1 Å². The molecule has 1 rings (SSSR count). The van der Waals surface area contributed by atoms with Gasteiger partial charge in [0.1, 0.15) is 0 Å². The highest BCUT2D eigenvalue weighted by atomic mass is 32.2. The van der Waals surface area contributed by atoms with Crippen molar-refractivity contribution in [3.63, 3.8) is 0 Å². The van der Waals surface area contributed by atoms with Gasteiger partial charge in [-0.05, 0) is 19.3 Å². The number of carboxylic acids is 1. The summed E-state index contributed by atoms with van der Waals surface area (Å²) in [7, 11) is -4.06. The zero-order valence-corrected chi connectivity index (χ0v) is 11.3. The molecule has 7 nitrogen and oxygen atoms in total. The van der Waals surface area contributed by atoms with E-state index in [1.165, 1.54) is 0 Å². The van der Waals surface area contributed by atoms with Crippen molar-refractivity contribution in [2.24, 2.45) is 11.8 Å². The number of rotatable bonds is 6. The molecule has 1 aliphatic carbocycles. The number of hydrogen-bond acceptors (Lipinski definition) is 5. The molecule has 0 amide bonds. The summed E-state index contributed by atoms with van der Waals surface area (Å²) < 4.78 is 34.3. The fourth-order valence-electron chi connectivity index (χ4n) is 2.23. The van der Waals surface area contributed by atoms with Crippen molar-refractivity contribution in [1.29, 1.82) is 0 Å². The van der Waals surface area contributed by atoms with Gasteiger partial charge >= 0.3 is 11.9 Å². The molecule has 110 valence electrons. The van der Waals surface area contributed by atoms with E-state index in [1.807, 2.05) is 0 Å². The summed E-state index contributed by atoms with van der Waals surface area (Å²) in [5.74, 6) is -3.45. The zero-order chi connectivity index (χ0) is 14.5. The molecule has 8 heteroatoms. The highest BCUT2D eigenvalue weighted by Crippen LogP contribution is 2.31. The fraction of sp³-hybridized carbons (Fsp3) is 0.818. The Labute approximate surface area is 111 Å². The largest absolute Gasteiger partial charge is 0.481 e. The summed E-state index contributed by atoms with van der Waals surface area (Å²) in [6, 6.07) is 0. The van der Waals surface area contributed by atoms with Crippen LogP contribution >= 0.6 is 0 Å². The quantitative estimate of drug-likeness (QED) is 0.420. The van der Waals surface area contributed by atoms with Gasteiger partial charge < -0.3 is 9.84 Å². The molecule has 19 heavy (non-hydrogen) atoms. The minimum absolute atomic E-state index is 0.00493. The second kappa shape index (κ2) is 6.85. The van der Waals surface area contributed by atoms with Crippen molar-refractivity contribution in [3.8, 4) is 0 Å². The van der Waals surface area contributed by atoms with Gasteiger partial charge in [0.15, 0.2) is 0 Å². The van der Waals surface area contributed by atoms with Crippen molar-refractivity contribution in [2.45, 2.75) is 32.1 Å². The van der Waals surface area contributed by atoms with Crippen LogP contribution in [0.15, 0.2) is 0 Å². The van der Waals surface area contributed by atoms with Crippen molar-refractivity contribution < 1.29 is 32.4 Å². The first-order valence-electron chi connectivity index (χ1n) is 6.16. The minimum atomic E-state index is -4.06. The Kier molecular flexibility index (Phi) is 5.74. The van der Waals surface area contributed by atoms with Crippen LogP contribution in [0.3, 0.4) is 0 Å². The lowest BCUT2D eigenvalue weighted by Crippen LogP contribution is -2.34. The van der Waals surface area contributed by atoms with E-state index in [2.05, 4.69) is 0 Å². The summed E-state index contributed by atoms with van der Waals surface area (Å²) in [4.78, 5) is 22.8. The lowest BCUT2D eigenvalue weighted by Gasteiger charge is -2.26. The highest BCUT2D eigenvalue weighted by molar-refractivity contribution is 7.85. The van der Waals surface area contributed by atoms with Crippen molar-refractivity contribution in [3.05, 3.63) is 0 Å². The third kappa shape index (κ3) is 5.56. The van der Waals surface area contributed by atoms with E-state index in [4.69, 9.17) is 14.4 Å². The second-order valence-electron chi connectivity index (χ2n) is 4.64. The fourth-order valence-corrected chi connectivity index (χ4v) is 2.71. The Morgan fingerprint density at radius 2 is 1.74 bits per heavy atom. The zero-order valence-electron chi connectivity index (χ0n) is 10.4. The molecule has 1 aliphatic rings. The molecule has 0 aromatic heterocycles. The molecule has 0 bridgehead atoms. The predicted molar refractivity (Wildman–Crippen MR) is 65.1 cm³/mol. The smallest absolute Gasteiger partial charge is 0.309 e. The number of ether oxygens (including phenoxy) is 1. The van der Waals surface area contributed by atoms with Gasteiger partial charge in [0, 0.05) is 0 Å². The maximum Gasteiger partial charge on any atom is 0.309 e. The molecule has 0 aliphatic heterocycles. The Bertz CT molecular complexity index is 428. The highest BCUT2D eigenvalue weighted by Gasteiger charge is 2.36. The van der Waals surface area contributed by atoms with Gasteiger partial charge in [-0.25, -0.2) is 0 Å². The van der Waals surface area contributed by atoms with Crippen molar-refractivity contribution >= 4 is 22.1 Å². The van der Waals surface area contributed by atoms with Crippen LogP contribution in [0.5, 0.6) is 0 Å².